The fourth-order valence-electron chi connectivity index (χ4n) is 2.62. The zero-order chi connectivity index (χ0) is 20.5. The standard InChI is InChI=1S/C19H17FN4O3S/c1-11-2-5-13(6-3-11)15-10-23-19(21)18(24-15)16(25)9-12-4-7-17(14(20)8-12)28(22,26)27/h2-8,10H,9H2,1H3,(H2,21,23)(H2,22,26,27). The zero-order valence-electron chi connectivity index (χ0n) is 14.9. The number of hydrogen-bond donors (Lipinski definition) is 2. The lowest BCUT2D eigenvalue weighted by atomic mass is 10.1. The van der Waals surface area contributed by atoms with Gasteiger partial charge in [0.15, 0.2) is 11.6 Å². The van der Waals surface area contributed by atoms with E-state index >= 15 is 0 Å². The maximum absolute atomic E-state index is 14.0. The van der Waals surface area contributed by atoms with Crippen molar-refractivity contribution in [2.24, 2.45) is 5.14 Å². The third-order valence-corrected chi connectivity index (χ3v) is 5.02. The maximum Gasteiger partial charge on any atom is 0.240 e. The van der Waals surface area contributed by atoms with E-state index in [1.807, 2.05) is 31.2 Å². The Bertz CT molecular complexity index is 1160. The topological polar surface area (TPSA) is 129 Å². The number of primary sulfonamides is 1. The van der Waals surface area contributed by atoms with E-state index in [1.54, 1.807) is 0 Å². The monoisotopic (exact) mass is 400 g/mol. The SMILES string of the molecule is Cc1ccc(-c2cnc(N)c(C(=O)Cc3ccc(S(N)(=O)=O)c(F)c3)n2)cc1. The predicted octanol–water partition coefficient (Wildman–Crippen LogP) is 2.25. The van der Waals surface area contributed by atoms with Crippen LogP contribution in [-0.2, 0) is 16.4 Å². The average Bonchev–Trinajstić information content (AvgIpc) is 2.62. The molecule has 0 saturated heterocycles. The number of aromatic nitrogens is 2. The molecule has 0 spiro atoms. The van der Waals surface area contributed by atoms with Crippen molar-refractivity contribution >= 4 is 21.6 Å². The Labute approximate surface area is 161 Å². The van der Waals surface area contributed by atoms with Gasteiger partial charge in [-0.3, -0.25) is 4.79 Å². The highest BCUT2D eigenvalue weighted by atomic mass is 32.2. The molecule has 0 radical (unpaired) electrons. The van der Waals surface area contributed by atoms with Crippen molar-refractivity contribution in [3.63, 3.8) is 0 Å². The van der Waals surface area contributed by atoms with Crippen LogP contribution in [0.3, 0.4) is 0 Å². The van der Waals surface area contributed by atoms with E-state index in [4.69, 9.17) is 10.9 Å². The molecule has 0 atom stereocenters. The van der Waals surface area contributed by atoms with E-state index < -0.39 is 26.5 Å². The summed E-state index contributed by atoms with van der Waals surface area (Å²) in [5.74, 6) is -1.54. The molecule has 7 nitrogen and oxygen atoms in total. The van der Waals surface area contributed by atoms with Gasteiger partial charge in [0.25, 0.3) is 0 Å². The molecule has 3 aromatic rings. The second kappa shape index (κ2) is 7.45. The Morgan fingerprint density at radius 3 is 2.43 bits per heavy atom. The fraction of sp³-hybridized carbons (Fsp3) is 0.105. The minimum atomic E-state index is -4.18. The zero-order valence-corrected chi connectivity index (χ0v) is 15.7. The first-order valence-electron chi connectivity index (χ1n) is 8.19. The molecule has 2 aromatic carbocycles. The number of aryl methyl sites for hydroxylation is 1. The van der Waals surface area contributed by atoms with Crippen LogP contribution in [0, 0.1) is 12.7 Å². The Kier molecular flexibility index (Phi) is 5.21. The van der Waals surface area contributed by atoms with Crippen LogP contribution < -0.4 is 10.9 Å². The molecule has 28 heavy (non-hydrogen) atoms. The second-order valence-electron chi connectivity index (χ2n) is 6.26. The number of ketones is 1. The summed E-state index contributed by atoms with van der Waals surface area (Å²) in [7, 11) is -4.18. The molecule has 4 N–H and O–H groups in total. The summed E-state index contributed by atoms with van der Waals surface area (Å²) in [6.07, 6.45) is 1.25. The van der Waals surface area contributed by atoms with Crippen LogP contribution in [0.5, 0.6) is 0 Å². The summed E-state index contributed by atoms with van der Waals surface area (Å²) in [4.78, 5) is 20.3. The fourth-order valence-corrected chi connectivity index (χ4v) is 3.21. The molecule has 0 amide bonds. The summed E-state index contributed by atoms with van der Waals surface area (Å²) in [5.41, 5.74) is 8.35. The van der Waals surface area contributed by atoms with Crippen LogP contribution >= 0.6 is 0 Å². The maximum atomic E-state index is 14.0. The van der Waals surface area contributed by atoms with Crippen molar-refractivity contribution in [3.8, 4) is 11.3 Å². The molecule has 0 fully saturated rings. The first-order chi connectivity index (χ1) is 13.1. The average molecular weight is 400 g/mol. The summed E-state index contributed by atoms with van der Waals surface area (Å²) in [6.45, 7) is 1.95. The highest BCUT2D eigenvalue weighted by molar-refractivity contribution is 7.89. The van der Waals surface area contributed by atoms with Gasteiger partial charge in [-0.1, -0.05) is 35.9 Å². The molecule has 1 heterocycles. The number of hydrogen-bond acceptors (Lipinski definition) is 6. The third-order valence-electron chi connectivity index (χ3n) is 4.08. The summed E-state index contributed by atoms with van der Waals surface area (Å²) < 4.78 is 36.5. The minimum absolute atomic E-state index is 0.0333. The number of nitrogens with two attached hydrogens (primary N) is 2. The molecule has 0 unspecified atom stereocenters. The molecular formula is C19H17FN4O3S. The van der Waals surface area contributed by atoms with Crippen LogP contribution in [0.2, 0.25) is 0 Å². The molecule has 0 aliphatic heterocycles. The van der Waals surface area contributed by atoms with Gasteiger partial charge in [-0.25, -0.2) is 27.9 Å². The van der Waals surface area contributed by atoms with Crippen molar-refractivity contribution in [1.29, 1.82) is 0 Å². The van der Waals surface area contributed by atoms with Crippen LogP contribution in [0.15, 0.2) is 53.6 Å². The van der Waals surface area contributed by atoms with Crippen LogP contribution in [-0.4, -0.2) is 24.2 Å². The molecule has 1 aromatic heterocycles. The van der Waals surface area contributed by atoms with Gasteiger partial charge in [0.2, 0.25) is 10.0 Å². The minimum Gasteiger partial charge on any atom is -0.382 e. The molecule has 0 aliphatic carbocycles. The first-order valence-corrected chi connectivity index (χ1v) is 9.74. The number of benzene rings is 2. The van der Waals surface area contributed by atoms with E-state index in [1.165, 1.54) is 12.3 Å². The Morgan fingerprint density at radius 1 is 1.14 bits per heavy atom. The van der Waals surface area contributed by atoms with Crippen molar-refractivity contribution in [2.75, 3.05) is 5.73 Å². The van der Waals surface area contributed by atoms with Gasteiger partial charge >= 0.3 is 0 Å². The molecule has 144 valence electrons. The number of carbonyl (C=O) groups is 1. The molecule has 0 bridgehead atoms. The van der Waals surface area contributed by atoms with E-state index in [9.17, 15) is 17.6 Å². The van der Waals surface area contributed by atoms with Gasteiger partial charge in [-0.05, 0) is 24.6 Å². The van der Waals surface area contributed by atoms with Gasteiger partial charge in [0, 0.05) is 12.0 Å². The number of nitrogen functional groups attached to an aromatic ring is 1. The van der Waals surface area contributed by atoms with E-state index in [2.05, 4.69) is 9.97 Å². The smallest absolute Gasteiger partial charge is 0.240 e. The second-order valence-corrected chi connectivity index (χ2v) is 7.79. The Balaban J connectivity index is 1.89. The van der Waals surface area contributed by atoms with Crippen molar-refractivity contribution in [2.45, 2.75) is 18.2 Å². The number of nitrogens with zero attached hydrogens (tertiary/aromatic N) is 2. The van der Waals surface area contributed by atoms with Gasteiger partial charge < -0.3 is 5.73 Å². The summed E-state index contributed by atoms with van der Waals surface area (Å²) >= 11 is 0. The van der Waals surface area contributed by atoms with Crippen LogP contribution in [0.1, 0.15) is 21.6 Å². The van der Waals surface area contributed by atoms with E-state index in [0.717, 1.165) is 23.3 Å². The first kappa shape index (κ1) is 19.6. The van der Waals surface area contributed by atoms with Gasteiger partial charge in [0.1, 0.15) is 16.4 Å². The highest BCUT2D eigenvalue weighted by Crippen LogP contribution is 2.21. The summed E-state index contributed by atoms with van der Waals surface area (Å²) in [6, 6.07) is 10.8. The van der Waals surface area contributed by atoms with Gasteiger partial charge in [-0.15, -0.1) is 0 Å². The van der Waals surface area contributed by atoms with Crippen molar-refractivity contribution < 1.29 is 17.6 Å². The van der Waals surface area contributed by atoms with E-state index in [0.29, 0.717) is 5.69 Å². The molecule has 0 saturated carbocycles. The van der Waals surface area contributed by atoms with Gasteiger partial charge in [-0.2, -0.15) is 0 Å². The molecular weight excluding hydrogens is 383 g/mol. The number of rotatable bonds is 5. The van der Waals surface area contributed by atoms with Crippen molar-refractivity contribution in [3.05, 3.63) is 71.3 Å². The largest absolute Gasteiger partial charge is 0.382 e. The third kappa shape index (κ3) is 4.21. The van der Waals surface area contributed by atoms with Gasteiger partial charge in [0.05, 0.1) is 11.9 Å². The number of sulfonamides is 1. The van der Waals surface area contributed by atoms with Crippen LogP contribution in [0.4, 0.5) is 10.2 Å². The quantitative estimate of drug-likeness (QED) is 0.632. The Hall–Kier alpha value is -3.17. The lowest BCUT2D eigenvalue weighted by Gasteiger charge is -2.08. The lowest BCUT2D eigenvalue weighted by molar-refractivity contribution is 0.0989. The number of Topliss-reactive ketones (excluding diaryl/α,β-unsaturated/α-hetero) is 1. The van der Waals surface area contributed by atoms with Crippen LogP contribution in [0.25, 0.3) is 11.3 Å². The Morgan fingerprint density at radius 2 is 1.82 bits per heavy atom. The number of carbonyl (C=O) groups excluding carboxylic acids is 1. The summed E-state index contributed by atoms with van der Waals surface area (Å²) in [5, 5.41) is 4.93. The van der Waals surface area contributed by atoms with E-state index in [-0.39, 0.29) is 23.5 Å². The number of halogens is 1. The molecule has 9 heteroatoms. The molecule has 3 rings (SSSR count). The number of anilines is 1. The lowest BCUT2D eigenvalue weighted by Crippen LogP contribution is -2.15. The highest BCUT2D eigenvalue weighted by Gasteiger charge is 2.18. The van der Waals surface area contributed by atoms with Crippen molar-refractivity contribution in [1.82, 2.24) is 9.97 Å². The normalized spacial score (nSPS) is 11.4. The predicted molar refractivity (Wildman–Crippen MR) is 102 cm³/mol. The molecule has 0 aliphatic rings.